The van der Waals surface area contributed by atoms with Crippen molar-refractivity contribution in [2.75, 3.05) is 33.9 Å². The second-order valence-corrected chi connectivity index (χ2v) is 7.62. The van der Waals surface area contributed by atoms with E-state index in [1.54, 1.807) is 11.3 Å². The molecule has 1 fully saturated rings. The number of hydrogen-bond donors (Lipinski definition) is 0. The zero-order chi connectivity index (χ0) is 17.5. The van der Waals surface area contributed by atoms with E-state index < -0.39 is 0 Å². The van der Waals surface area contributed by atoms with Crippen LogP contribution in [0.2, 0.25) is 0 Å². The summed E-state index contributed by atoms with van der Waals surface area (Å²) >= 11 is 1.73. The van der Waals surface area contributed by atoms with Crippen molar-refractivity contribution in [3.8, 4) is 0 Å². The number of hydrogen-bond acceptors (Lipinski definition) is 5. The van der Waals surface area contributed by atoms with Crippen LogP contribution in [-0.2, 0) is 20.6 Å². The first-order valence-corrected chi connectivity index (χ1v) is 9.69. The van der Waals surface area contributed by atoms with Gasteiger partial charge in [-0.1, -0.05) is 36.4 Å². The molecular weight excluding hydrogens is 334 g/mol. The lowest BCUT2D eigenvalue weighted by Gasteiger charge is -2.32. The van der Waals surface area contributed by atoms with Crippen LogP contribution >= 0.6 is 11.3 Å². The van der Waals surface area contributed by atoms with Crippen molar-refractivity contribution in [3.63, 3.8) is 0 Å². The van der Waals surface area contributed by atoms with Crippen molar-refractivity contribution in [2.24, 2.45) is 0 Å². The standard InChI is InChI=1S/C20H27NO3S/c1-21(2)11-10-18(19-9-6-12-25-19)24-20-15-22-17(14-23-20)13-16-7-4-3-5-8-16/h3-9,12,17-18,20H,10-11,13-15H2,1-2H3. The molecule has 2 heterocycles. The molecule has 136 valence electrons. The maximum Gasteiger partial charge on any atom is 0.181 e. The van der Waals surface area contributed by atoms with Gasteiger partial charge in [-0.15, -0.1) is 11.3 Å². The second-order valence-electron chi connectivity index (χ2n) is 6.64. The Labute approximate surface area is 154 Å². The van der Waals surface area contributed by atoms with Crippen LogP contribution < -0.4 is 0 Å². The van der Waals surface area contributed by atoms with Gasteiger partial charge in [-0.3, -0.25) is 0 Å². The summed E-state index contributed by atoms with van der Waals surface area (Å²) in [5.74, 6) is 0. The Bertz CT molecular complexity index is 595. The highest BCUT2D eigenvalue weighted by molar-refractivity contribution is 7.10. The molecule has 2 aromatic rings. The fraction of sp³-hybridized carbons (Fsp3) is 0.500. The zero-order valence-corrected chi connectivity index (χ0v) is 15.8. The van der Waals surface area contributed by atoms with Gasteiger partial charge in [0.15, 0.2) is 6.29 Å². The number of thiophene rings is 1. The fourth-order valence-electron chi connectivity index (χ4n) is 2.91. The predicted molar refractivity (Wildman–Crippen MR) is 101 cm³/mol. The molecule has 1 aromatic heterocycles. The van der Waals surface area contributed by atoms with Gasteiger partial charge in [0.1, 0.15) is 0 Å². The molecule has 3 unspecified atom stereocenters. The summed E-state index contributed by atoms with van der Waals surface area (Å²) in [5, 5.41) is 2.09. The first kappa shape index (κ1) is 18.5. The minimum Gasteiger partial charge on any atom is -0.370 e. The van der Waals surface area contributed by atoms with Crippen molar-refractivity contribution in [2.45, 2.75) is 31.3 Å². The number of nitrogens with zero attached hydrogens (tertiary/aromatic N) is 1. The van der Waals surface area contributed by atoms with Gasteiger partial charge in [0.2, 0.25) is 0 Å². The summed E-state index contributed by atoms with van der Waals surface area (Å²) in [7, 11) is 4.17. The minimum absolute atomic E-state index is 0.0571. The van der Waals surface area contributed by atoms with Gasteiger partial charge in [0, 0.05) is 17.8 Å². The third-order valence-corrected chi connectivity index (χ3v) is 5.22. The van der Waals surface area contributed by atoms with Crippen LogP contribution in [0.4, 0.5) is 0 Å². The van der Waals surface area contributed by atoms with Crippen LogP contribution in [0.5, 0.6) is 0 Å². The minimum atomic E-state index is -0.290. The molecule has 1 saturated heterocycles. The van der Waals surface area contributed by atoms with E-state index in [9.17, 15) is 0 Å². The van der Waals surface area contributed by atoms with Gasteiger partial charge in [-0.25, -0.2) is 0 Å². The quantitative estimate of drug-likeness (QED) is 0.717. The lowest BCUT2D eigenvalue weighted by Crippen LogP contribution is -2.39. The van der Waals surface area contributed by atoms with Crippen molar-refractivity contribution in [1.82, 2.24) is 4.90 Å². The number of benzene rings is 1. The van der Waals surface area contributed by atoms with Crippen LogP contribution in [0.25, 0.3) is 0 Å². The normalized spacial score (nSPS) is 22.2. The van der Waals surface area contributed by atoms with Gasteiger partial charge in [-0.05, 0) is 37.5 Å². The SMILES string of the molecule is CN(C)CCC(OC1COC(Cc2ccccc2)CO1)c1cccs1. The van der Waals surface area contributed by atoms with E-state index in [0.717, 1.165) is 19.4 Å². The van der Waals surface area contributed by atoms with Crippen molar-refractivity contribution >= 4 is 11.3 Å². The lowest BCUT2D eigenvalue weighted by atomic mass is 10.1. The Hall–Kier alpha value is -1.24. The van der Waals surface area contributed by atoms with Gasteiger partial charge < -0.3 is 19.1 Å². The fourth-order valence-corrected chi connectivity index (χ4v) is 3.71. The molecule has 0 amide bonds. The largest absolute Gasteiger partial charge is 0.370 e. The van der Waals surface area contributed by atoms with Crippen LogP contribution in [0.15, 0.2) is 47.8 Å². The van der Waals surface area contributed by atoms with Crippen LogP contribution in [-0.4, -0.2) is 51.1 Å². The summed E-state index contributed by atoms with van der Waals surface area (Å²) < 4.78 is 18.1. The summed E-state index contributed by atoms with van der Waals surface area (Å²) in [5.41, 5.74) is 1.28. The van der Waals surface area contributed by atoms with Crippen molar-refractivity contribution in [1.29, 1.82) is 0 Å². The highest BCUT2D eigenvalue weighted by atomic mass is 32.1. The van der Waals surface area contributed by atoms with Crippen molar-refractivity contribution in [3.05, 3.63) is 58.3 Å². The Morgan fingerprint density at radius 1 is 1.12 bits per heavy atom. The summed E-state index contributed by atoms with van der Waals surface area (Å²) in [6, 6.07) is 14.6. The highest BCUT2D eigenvalue weighted by Crippen LogP contribution is 2.28. The average Bonchev–Trinajstić information content (AvgIpc) is 3.15. The molecule has 0 radical (unpaired) electrons. The van der Waals surface area contributed by atoms with E-state index in [0.29, 0.717) is 13.2 Å². The second kappa shape index (κ2) is 9.46. The molecule has 0 aliphatic carbocycles. The van der Waals surface area contributed by atoms with E-state index in [4.69, 9.17) is 14.2 Å². The topological polar surface area (TPSA) is 30.9 Å². The summed E-state index contributed by atoms with van der Waals surface area (Å²) in [6.07, 6.45) is 1.69. The van der Waals surface area contributed by atoms with Crippen LogP contribution in [0, 0.1) is 0 Å². The summed E-state index contributed by atoms with van der Waals surface area (Å²) in [4.78, 5) is 3.43. The van der Waals surface area contributed by atoms with E-state index >= 15 is 0 Å². The number of rotatable bonds is 8. The van der Waals surface area contributed by atoms with E-state index in [1.807, 2.05) is 6.07 Å². The molecule has 3 atom stereocenters. The molecule has 1 aliphatic heterocycles. The van der Waals surface area contributed by atoms with Crippen LogP contribution in [0.1, 0.15) is 23.0 Å². The molecular formula is C20H27NO3S. The molecule has 3 rings (SSSR count). The molecule has 5 heteroatoms. The van der Waals surface area contributed by atoms with Crippen LogP contribution in [0.3, 0.4) is 0 Å². The molecule has 0 N–H and O–H groups in total. The third-order valence-electron chi connectivity index (χ3n) is 4.26. The molecule has 4 nitrogen and oxygen atoms in total. The van der Waals surface area contributed by atoms with Gasteiger partial charge in [0.05, 0.1) is 25.4 Å². The molecule has 0 saturated carbocycles. The first-order chi connectivity index (χ1) is 12.2. The molecule has 0 spiro atoms. The van der Waals surface area contributed by atoms with E-state index in [1.165, 1.54) is 10.4 Å². The third kappa shape index (κ3) is 5.90. The van der Waals surface area contributed by atoms with Gasteiger partial charge in [0.25, 0.3) is 0 Å². The molecule has 1 aromatic carbocycles. The Morgan fingerprint density at radius 3 is 2.60 bits per heavy atom. The van der Waals surface area contributed by atoms with E-state index in [2.05, 4.69) is 60.8 Å². The summed E-state index contributed by atoms with van der Waals surface area (Å²) in [6.45, 7) is 2.04. The molecule has 25 heavy (non-hydrogen) atoms. The Morgan fingerprint density at radius 2 is 1.96 bits per heavy atom. The average molecular weight is 362 g/mol. The monoisotopic (exact) mass is 361 g/mol. The molecule has 1 aliphatic rings. The Kier molecular flexibility index (Phi) is 7.02. The predicted octanol–water partition coefficient (Wildman–Crippen LogP) is 3.74. The van der Waals surface area contributed by atoms with Crippen molar-refractivity contribution < 1.29 is 14.2 Å². The maximum atomic E-state index is 6.22. The smallest absolute Gasteiger partial charge is 0.181 e. The Balaban J connectivity index is 1.49. The lowest BCUT2D eigenvalue weighted by molar-refractivity contribution is -0.251. The number of ether oxygens (including phenoxy) is 3. The highest BCUT2D eigenvalue weighted by Gasteiger charge is 2.26. The molecule has 0 bridgehead atoms. The maximum absolute atomic E-state index is 6.22. The van der Waals surface area contributed by atoms with Gasteiger partial charge in [-0.2, -0.15) is 0 Å². The zero-order valence-electron chi connectivity index (χ0n) is 15.0. The van der Waals surface area contributed by atoms with E-state index in [-0.39, 0.29) is 18.5 Å². The van der Waals surface area contributed by atoms with Gasteiger partial charge >= 0.3 is 0 Å². The first-order valence-electron chi connectivity index (χ1n) is 8.81.